The van der Waals surface area contributed by atoms with E-state index in [1.165, 1.54) is 5.56 Å². The fraction of sp³-hybridized carbons (Fsp3) is 0.280. The Morgan fingerprint density at radius 2 is 1.84 bits per heavy atom. The van der Waals surface area contributed by atoms with Gasteiger partial charge in [-0.15, -0.1) is 16.9 Å². The quantitative estimate of drug-likeness (QED) is 0.248. The number of benzene rings is 2. The zero-order valence-electron chi connectivity index (χ0n) is 18.4. The number of aliphatic imine (C=N–C) groups is 1. The summed E-state index contributed by atoms with van der Waals surface area (Å²) >= 11 is 1.59. The molecule has 0 atom stereocenters. The summed E-state index contributed by atoms with van der Waals surface area (Å²) in [6.07, 6.45) is 2.78. The first kappa shape index (κ1) is 22.0. The van der Waals surface area contributed by atoms with Gasteiger partial charge in [-0.25, -0.2) is 9.79 Å². The van der Waals surface area contributed by atoms with Gasteiger partial charge in [0.05, 0.1) is 5.75 Å². The molecule has 0 aliphatic heterocycles. The second-order valence-electron chi connectivity index (χ2n) is 8.16. The summed E-state index contributed by atoms with van der Waals surface area (Å²) in [7, 11) is 0. The molecular formula is C25H25N3O3S. The van der Waals surface area contributed by atoms with Crippen LogP contribution in [0.15, 0.2) is 67.2 Å². The van der Waals surface area contributed by atoms with E-state index in [9.17, 15) is 4.79 Å². The van der Waals surface area contributed by atoms with Crippen LogP contribution in [0.2, 0.25) is 0 Å². The third kappa shape index (κ3) is 5.73. The molecule has 6 nitrogen and oxygen atoms in total. The minimum Gasteiger partial charge on any atom is -0.423 e. The van der Waals surface area contributed by atoms with E-state index in [-0.39, 0.29) is 11.6 Å². The van der Waals surface area contributed by atoms with Crippen molar-refractivity contribution in [3.05, 3.63) is 87.1 Å². The lowest BCUT2D eigenvalue weighted by atomic mass is 10.0. The highest BCUT2D eigenvalue weighted by Crippen LogP contribution is 2.24. The molecule has 2 aromatic heterocycles. The lowest BCUT2D eigenvalue weighted by Gasteiger charge is -2.05. The van der Waals surface area contributed by atoms with Crippen molar-refractivity contribution in [2.75, 3.05) is 0 Å². The Hall–Kier alpha value is -3.19. The number of rotatable bonds is 8. The molecule has 0 unspecified atom stereocenters. The zero-order valence-corrected chi connectivity index (χ0v) is 19.2. The van der Waals surface area contributed by atoms with Gasteiger partial charge in [-0.05, 0) is 47.6 Å². The second kappa shape index (κ2) is 9.96. The fourth-order valence-corrected chi connectivity index (χ4v) is 4.25. The molecule has 0 amide bonds. The number of fused-ring (bicyclic) bond motifs is 1. The lowest BCUT2D eigenvalue weighted by molar-refractivity contribution is 0.525. The van der Waals surface area contributed by atoms with Crippen LogP contribution in [0, 0.1) is 12.8 Å². The van der Waals surface area contributed by atoms with E-state index in [1.807, 2.05) is 37.3 Å². The Labute approximate surface area is 190 Å². The second-order valence-corrected chi connectivity index (χ2v) is 9.14. The molecule has 0 aliphatic carbocycles. The van der Waals surface area contributed by atoms with Crippen molar-refractivity contribution in [2.45, 2.75) is 38.7 Å². The van der Waals surface area contributed by atoms with E-state index in [2.05, 4.69) is 41.2 Å². The largest absolute Gasteiger partial charge is 0.423 e. The van der Waals surface area contributed by atoms with E-state index in [1.54, 1.807) is 24.0 Å². The zero-order chi connectivity index (χ0) is 22.5. The van der Waals surface area contributed by atoms with Gasteiger partial charge in [-0.3, -0.25) is 0 Å². The van der Waals surface area contributed by atoms with Crippen molar-refractivity contribution in [3.8, 4) is 0 Å². The molecule has 0 radical (unpaired) electrons. The van der Waals surface area contributed by atoms with Crippen molar-refractivity contribution in [2.24, 2.45) is 10.9 Å². The summed E-state index contributed by atoms with van der Waals surface area (Å²) < 4.78 is 10.9. The Morgan fingerprint density at radius 1 is 1.03 bits per heavy atom. The first-order valence-electron chi connectivity index (χ1n) is 10.5. The number of thioether (sulfide) groups is 1. The summed E-state index contributed by atoms with van der Waals surface area (Å²) in [5.41, 5.74) is 4.55. The Bertz CT molecular complexity index is 1290. The van der Waals surface area contributed by atoms with Crippen LogP contribution in [-0.2, 0) is 17.9 Å². The fourth-order valence-electron chi connectivity index (χ4n) is 3.40. The molecule has 4 rings (SSSR count). The van der Waals surface area contributed by atoms with E-state index in [0.717, 1.165) is 28.5 Å². The number of nitrogens with zero attached hydrogens (tertiary/aromatic N) is 3. The highest BCUT2D eigenvalue weighted by atomic mass is 32.2. The summed E-state index contributed by atoms with van der Waals surface area (Å²) in [6.45, 7) is 6.39. The standard InChI is InChI=1S/C25H25N3O3S/c1-16(2)10-18-5-7-19(8-6-18)13-26-25-28-27-23(31-25)15-32-14-20-12-24(29)30-22-11-17(3)4-9-21(20)22/h4-9,11-13,16H,10,14-15H2,1-3H3/b26-13+. The number of aryl methyl sites for hydroxylation is 1. The van der Waals surface area contributed by atoms with Crippen LogP contribution < -0.4 is 5.63 Å². The maximum Gasteiger partial charge on any atom is 0.342 e. The van der Waals surface area contributed by atoms with Crippen LogP contribution >= 0.6 is 11.8 Å². The monoisotopic (exact) mass is 447 g/mol. The van der Waals surface area contributed by atoms with Gasteiger partial charge >= 0.3 is 11.6 Å². The van der Waals surface area contributed by atoms with Gasteiger partial charge in [0.1, 0.15) is 5.58 Å². The molecule has 0 N–H and O–H groups in total. The van der Waals surface area contributed by atoms with Gasteiger partial charge in [0.15, 0.2) is 0 Å². The predicted molar refractivity (Wildman–Crippen MR) is 129 cm³/mol. The molecule has 0 aliphatic rings. The van der Waals surface area contributed by atoms with Crippen molar-refractivity contribution in [1.29, 1.82) is 0 Å². The van der Waals surface area contributed by atoms with Crippen molar-refractivity contribution in [3.63, 3.8) is 0 Å². The predicted octanol–water partition coefficient (Wildman–Crippen LogP) is 5.87. The van der Waals surface area contributed by atoms with Crippen LogP contribution in [0.4, 0.5) is 6.01 Å². The molecule has 0 saturated carbocycles. The smallest absolute Gasteiger partial charge is 0.342 e. The number of hydrogen-bond acceptors (Lipinski definition) is 7. The van der Waals surface area contributed by atoms with Crippen molar-refractivity contribution < 1.29 is 8.83 Å². The van der Waals surface area contributed by atoms with Gasteiger partial charge in [0, 0.05) is 23.4 Å². The molecular weight excluding hydrogens is 422 g/mol. The summed E-state index contributed by atoms with van der Waals surface area (Å²) in [6, 6.07) is 16.0. The minimum absolute atomic E-state index is 0.230. The van der Waals surface area contributed by atoms with Crippen LogP contribution in [0.25, 0.3) is 11.0 Å². The van der Waals surface area contributed by atoms with E-state index < -0.39 is 0 Å². The molecule has 0 bridgehead atoms. The van der Waals surface area contributed by atoms with Gasteiger partial charge in [0.2, 0.25) is 5.89 Å². The molecule has 164 valence electrons. The normalized spacial score (nSPS) is 11.8. The lowest BCUT2D eigenvalue weighted by Crippen LogP contribution is -2.00. The average molecular weight is 448 g/mol. The van der Waals surface area contributed by atoms with E-state index in [0.29, 0.717) is 28.9 Å². The highest BCUT2D eigenvalue weighted by molar-refractivity contribution is 7.97. The minimum atomic E-state index is -0.342. The SMILES string of the molecule is Cc1ccc2c(CSCc3nnc(/N=C/c4ccc(CC(C)C)cc4)o3)cc(=O)oc2c1. The molecule has 0 spiro atoms. The molecule has 2 aromatic carbocycles. The summed E-state index contributed by atoms with van der Waals surface area (Å²) in [5, 5.41) is 9.00. The average Bonchev–Trinajstić information content (AvgIpc) is 3.20. The molecule has 0 fully saturated rings. The van der Waals surface area contributed by atoms with Crippen LogP contribution in [0.5, 0.6) is 0 Å². The van der Waals surface area contributed by atoms with E-state index >= 15 is 0 Å². The third-order valence-corrected chi connectivity index (χ3v) is 5.84. The third-order valence-electron chi connectivity index (χ3n) is 4.87. The van der Waals surface area contributed by atoms with Crippen molar-refractivity contribution in [1.82, 2.24) is 10.2 Å². The first-order valence-corrected chi connectivity index (χ1v) is 11.7. The highest BCUT2D eigenvalue weighted by Gasteiger charge is 2.09. The van der Waals surface area contributed by atoms with Crippen LogP contribution in [0.1, 0.15) is 42.0 Å². The van der Waals surface area contributed by atoms with Gasteiger partial charge in [0.25, 0.3) is 0 Å². The molecule has 0 saturated heterocycles. The van der Waals surface area contributed by atoms with Gasteiger partial charge in [-0.2, -0.15) is 0 Å². The molecule has 4 aromatic rings. The first-order chi connectivity index (χ1) is 15.5. The maximum absolute atomic E-state index is 11.9. The summed E-state index contributed by atoms with van der Waals surface area (Å²) in [5.74, 6) is 2.29. The number of aromatic nitrogens is 2. The van der Waals surface area contributed by atoms with Crippen LogP contribution in [0.3, 0.4) is 0 Å². The molecule has 32 heavy (non-hydrogen) atoms. The Balaban J connectivity index is 1.35. The van der Waals surface area contributed by atoms with Crippen LogP contribution in [-0.4, -0.2) is 16.4 Å². The maximum atomic E-state index is 11.9. The Morgan fingerprint density at radius 3 is 2.62 bits per heavy atom. The topological polar surface area (TPSA) is 81.5 Å². The molecule has 7 heteroatoms. The van der Waals surface area contributed by atoms with Crippen molar-refractivity contribution >= 4 is 35.0 Å². The summed E-state index contributed by atoms with van der Waals surface area (Å²) in [4.78, 5) is 16.2. The van der Waals surface area contributed by atoms with Gasteiger partial charge in [-0.1, -0.05) is 55.3 Å². The van der Waals surface area contributed by atoms with Gasteiger partial charge < -0.3 is 8.83 Å². The molecule has 2 heterocycles. The number of hydrogen-bond donors (Lipinski definition) is 0. The van der Waals surface area contributed by atoms with E-state index in [4.69, 9.17) is 8.83 Å². The Kier molecular flexibility index (Phi) is 6.85.